The van der Waals surface area contributed by atoms with Gasteiger partial charge in [0.05, 0.1) is 16.3 Å². The molecule has 3 atom stereocenters. The van der Waals surface area contributed by atoms with Gasteiger partial charge < -0.3 is 24.7 Å². The van der Waals surface area contributed by atoms with Gasteiger partial charge in [-0.2, -0.15) is 0 Å². The molecule has 0 aromatic heterocycles. The highest BCUT2D eigenvalue weighted by Gasteiger charge is 2.41. The average Bonchev–Trinajstić information content (AvgIpc) is 3.42. The third kappa shape index (κ3) is 2.52. The Morgan fingerprint density at radius 3 is 2.57 bits per heavy atom. The number of anilines is 2. The lowest BCUT2D eigenvalue weighted by atomic mass is 10.1. The van der Waals surface area contributed by atoms with Crippen LogP contribution in [-0.2, 0) is 21.0 Å². The molecule has 0 amide bonds. The van der Waals surface area contributed by atoms with Crippen LogP contribution in [0.15, 0.2) is 70.5 Å². The molecule has 7 nitrogen and oxygen atoms in total. The van der Waals surface area contributed by atoms with E-state index in [1.54, 1.807) is 30.3 Å². The number of hydrogen-bond donors (Lipinski definition) is 2. The van der Waals surface area contributed by atoms with E-state index in [0.29, 0.717) is 28.3 Å². The molecule has 0 fully saturated rings. The summed E-state index contributed by atoms with van der Waals surface area (Å²) in [6.45, 7) is 0.126. The van der Waals surface area contributed by atoms with Gasteiger partial charge in [0, 0.05) is 16.7 Å². The highest BCUT2D eigenvalue weighted by Crippen LogP contribution is 2.46. The van der Waals surface area contributed by atoms with E-state index in [1.165, 1.54) is 0 Å². The first-order chi connectivity index (χ1) is 14.5. The Morgan fingerprint density at radius 1 is 0.900 bits per heavy atom. The van der Waals surface area contributed by atoms with Crippen LogP contribution in [-0.4, -0.2) is 19.8 Å². The standard InChI is InChI=1S/C21H16N2O5S2/c24-29-18-4-2-1-3-14(18)22-20(29)12-5-7-15-19(10-12)30(25,26)21(23-15)13-6-8-16-17(9-13)28-11-27-16/h1-10,20-23H,11H2. The van der Waals surface area contributed by atoms with Gasteiger partial charge in [0.15, 0.2) is 21.8 Å². The van der Waals surface area contributed by atoms with Crippen LogP contribution in [0.5, 0.6) is 11.5 Å². The van der Waals surface area contributed by atoms with E-state index < -0.39 is 31.8 Å². The molecule has 3 aromatic carbocycles. The van der Waals surface area contributed by atoms with Gasteiger partial charge in [-0.15, -0.1) is 0 Å². The predicted molar refractivity (Wildman–Crippen MR) is 112 cm³/mol. The fourth-order valence-corrected chi connectivity index (χ4v) is 7.24. The Hall–Kier alpha value is -2.88. The molecule has 3 aliphatic rings. The van der Waals surface area contributed by atoms with Crippen molar-refractivity contribution in [2.75, 3.05) is 17.4 Å². The van der Waals surface area contributed by atoms with E-state index in [2.05, 4.69) is 10.6 Å². The quantitative estimate of drug-likeness (QED) is 0.588. The van der Waals surface area contributed by atoms with Gasteiger partial charge >= 0.3 is 0 Å². The summed E-state index contributed by atoms with van der Waals surface area (Å²) >= 11 is -1.31. The first kappa shape index (κ1) is 17.9. The Kier molecular flexibility index (Phi) is 3.77. The Bertz CT molecular complexity index is 1290. The first-order valence-corrected chi connectivity index (χ1v) is 12.1. The van der Waals surface area contributed by atoms with Gasteiger partial charge in [-0.25, -0.2) is 8.42 Å². The summed E-state index contributed by atoms with van der Waals surface area (Å²) in [5.41, 5.74) is 2.58. The van der Waals surface area contributed by atoms with Crippen molar-refractivity contribution in [2.24, 2.45) is 0 Å². The number of nitrogens with one attached hydrogen (secondary N) is 2. The molecule has 0 saturated carbocycles. The van der Waals surface area contributed by atoms with Crippen molar-refractivity contribution in [3.8, 4) is 11.5 Å². The number of fused-ring (bicyclic) bond motifs is 3. The zero-order valence-corrected chi connectivity index (χ0v) is 17.1. The summed E-state index contributed by atoms with van der Waals surface area (Å²) in [5, 5.41) is 4.93. The average molecular weight is 441 g/mol. The molecule has 0 radical (unpaired) electrons. The molecule has 0 spiro atoms. The molecule has 0 bridgehead atoms. The van der Waals surface area contributed by atoms with Crippen LogP contribution < -0.4 is 20.1 Å². The molecular formula is C21H16N2O5S2. The summed E-state index contributed by atoms with van der Waals surface area (Å²) in [4.78, 5) is 0.930. The summed E-state index contributed by atoms with van der Waals surface area (Å²) < 4.78 is 50.3. The molecule has 3 heterocycles. The Balaban J connectivity index is 1.36. The van der Waals surface area contributed by atoms with E-state index in [9.17, 15) is 13.0 Å². The lowest BCUT2D eigenvalue weighted by Crippen LogP contribution is -2.15. The van der Waals surface area contributed by atoms with Gasteiger partial charge in [0.1, 0.15) is 0 Å². The van der Waals surface area contributed by atoms with E-state index >= 15 is 0 Å². The minimum absolute atomic E-state index is 0.126. The highest BCUT2D eigenvalue weighted by molar-refractivity contribution is 7.92. The second-order valence-electron chi connectivity index (χ2n) is 7.26. The number of sulfone groups is 1. The van der Waals surface area contributed by atoms with Gasteiger partial charge in [-0.05, 0) is 48.0 Å². The van der Waals surface area contributed by atoms with Crippen molar-refractivity contribution in [1.29, 1.82) is 0 Å². The SMILES string of the molecule is O=S1(=O)c2cc(C3Nc4ccccc4[S+]3[O-])ccc2NC1c1ccc2c(c1)OCO2. The molecule has 2 N–H and O–H groups in total. The van der Waals surface area contributed by atoms with Gasteiger partial charge in [0.25, 0.3) is 0 Å². The number of benzene rings is 3. The van der Waals surface area contributed by atoms with Crippen molar-refractivity contribution >= 4 is 32.4 Å². The molecule has 6 rings (SSSR count). The molecule has 0 aliphatic carbocycles. The summed E-state index contributed by atoms with van der Waals surface area (Å²) in [6, 6.07) is 17.7. The normalized spacial score (nSPS) is 24.6. The molecule has 30 heavy (non-hydrogen) atoms. The van der Waals surface area contributed by atoms with Crippen molar-refractivity contribution in [3.05, 3.63) is 71.8 Å². The fraction of sp³-hybridized carbons (Fsp3) is 0.143. The maximum absolute atomic E-state index is 13.3. The number of para-hydroxylation sites is 1. The van der Waals surface area contributed by atoms with Crippen LogP contribution in [0.1, 0.15) is 21.9 Å². The molecule has 9 heteroatoms. The summed E-state index contributed by atoms with van der Waals surface area (Å²) in [5.74, 6) is 1.13. The van der Waals surface area contributed by atoms with Crippen LogP contribution in [0.2, 0.25) is 0 Å². The Labute approximate surface area is 176 Å². The van der Waals surface area contributed by atoms with Gasteiger partial charge in [0.2, 0.25) is 22.0 Å². The second kappa shape index (κ2) is 6.31. The van der Waals surface area contributed by atoms with E-state index in [0.717, 1.165) is 10.6 Å². The zero-order chi connectivity index (χ0) is 20.5. The molecular weight excluding hydrogens is 424 g/mol. The van der Waals surface area contributed by atoms with Crippen LogP contribution in [0.3, 0.4) is 0 Å². The number of hydrogen-bond acceptors (Lipinski definition) is 7. The molecule has 0 saturated heterocycles. The van der Waals surface area contributed by atoms with Gasteiger partial charge in [-0.3, -0.25) is 0 Å². The van der Waals surface area contributed by atoms with Crippen molar-refractivity contribution in [3.63, 3.8) is 0 Å². The highest BCUT2D eigenvalue weighted by atomic mass is 32.2. The zero-order valence-electron chi connectivity index (χ0n) is 15.5. The maximum atomic E-state index is 13.3. The number of ether oxygens (including phenoxy) is 2. The maximum Gasteiger partial charge on any atom is 0.231 e. The molecule has 152 valence electrons. The molecule has 3 unspecified atom stereocenters. The van der Waals surface area contributed by atoms with E-state index in [-0.39, 0.29) is 11.7 Å². The van der Waals surface area contributed by atoms with Crippen LogP contribution in [0.4, 0.5) is 11.4 Å². The molecule has 3 aliphatic heterocycles. The van der Waals surface area contributed by atoms with Crippen molar-refractivity contribution in [2.45, 2.75) is 20.5 Å². The fourth-order valence-electron chi connectivity index (χ4n) is 4.03. The summed E-state index contributed by atoms with van der Waals surface area (Å²) in [7, 11) is -3.69. The van der Waals surface area contributed by atoms with Gasteiger partial charge in [-0.1, -0.05) is 18.2 Å². The second-order valence-corrected chi connectivity index (χ2v) is 10.8. The third-order valence-corrected chi connectivity index (χ3v) is 9.08. The minimum Gasteiger partial charge on any atom is -0.609 e. The Morgan fingerprint density at radius 2 is 1.70 bits per heavy atom. The lowest BCUT2D eigenvalue weighted by molar-refractivity contribution is 0.174. The van der Waals surface area contributed by atoms with Crippen LogP contribution >= 0.6 is 0 Å². The summed E-state index contributed by atoms with van der Waals surface area (Å²) in [6.07, 6.45) is 0. The first-order valence-electron chi connectivity index (χ1n) is 9.32. The molecule has 3 aromatic rings. The largest absolute Gasteiger partial charge is 0.609 e. The van der Waals surface area contributed by atoms with Crippen molar-refractivity contribution in [1.82, 2.24) is 0 Å². The van der Waals surface area contributed by atoms with Crippen molar-refractivity contribution < 1.29 is 22.4 Å². The predicted octanol–water partition coefficient (Wildman–Crippen LogP) is 3.55. The van der Waals surface area contributed by atoms with Crippen LogP contribution in [0, 0.1) is 0 Å². The van der Waals surface area contributed by atoms with E-state index in [1.807, 2.05) is 30.3 Å². The van der Waals surface area contributed by atoms with Crippen LogP contribution in [0.25, 0.3) is 0 Å². The monoisotopic (exact) mass is 440 g/mol. The topological polar surface area (TPSA) is 99.7 Å². The third-order valence-electron chi connectivity index (χ3n) is 5.52. The smallest absolute Gasteiger partial charge is 0.231 e. The lowest BCUT2D eigenvalue weighted by Gasteiger charge is -2.14. The van der Waals surface area contributed by atoms with E-state index in [4.69, 9.17) is 9.47 Å². The number of rotatable bonds is 2. The minimum atomic E-state index is -3.69.